The van der Waals surface area contributed by atoms with Crippen molar-refractivity contribution in [2.75, 3.05) is 26.8 Å². The molecule has 0 amide bonds. The van der Waals surface area contributed by atoms with Gasteiger partial charge in [0.05, 0.1) is 11.5 Å². The molecule has 0 aliphatic heterocycles. The molecule has 8 heteroatoms. The molecular formula is C12H16FNO5S. The number of hydrogen-bond donors (Lipinski definition) is 1. The number of halogens is 1. The minimum atomic E-state index is -4.01. The molecule has 0 heterocycles. The van der Waals surface area contributed by atoms with Crippen molar-refractivity contribution in [3.63, 3.8) is 0 Å². The van der Waals surface area contributed by atoms with Gasteiger partial charge in [0.2, 0.25) is 10.0 Å². The number of sulfonamides is 1. The second-order valence-electron chi connectivity index (χ2n) is 4.13. The predicted molar refractivity (Wildman–Crippen MR) is 69.4 cm³/mol. The highest BCUT2D eigenvalue weighted by Crippen LogP contribution is 2.20. The van der Waals surface area contributed by atoms with Gasteiger partial charge in [-0.25, -0.2) is 12.8 Å². The van der Waals surface area contributed by atoms with Crippen LogP contribution < -0.4 is 0 Å². The fourth-order valence-corrected chi connectivity index (χ4v) is 3.25. The third kappa shape index (κ3) is 3.99. The Bertz CT molecular complexity index is 588. The summed E-state index contributed by atoms with van der Waals surface area (Å²) in [6, 6.07) is 3.24. The maximum Gasteiger partial charge on any atom is 0.318 e. The Labute approximate surface area is 116 Å². The van der Waals surface area contributed by atoms with Crippen molar-refractivity contribution >= 4 is 16.0 Å². The van der Waals surface area contributed by atoms with E-state index < -0.39 is 28.4 Å². The minimum absolute atomic E-state index is 0.0623. The van der Waals surface area contributed by atoms with Crippen molar-refractivity contribution < 1.29 is 27.4 Å². The second kappa shape index (κ2) is 6.78. The van der Waals surface area contributed by atoms with Gasteiger partial charge in [-0.15, -0.1) is 0 Å². The number of aryl methyl sites for hydroxylation is 1. The van der Waals surface area contributed by atoms with Gasteiger partial charge in [0.15, 0.2) is 0 Å². The molecule has 0 bridgehead atoms. The van der Waals surface area contributed by atoms with Crippen LogP contribution in [0.25, 0.3) is 0 Å². The highest BCUT2D eigenvalue weighted by atomic mass is 32.2. The molecule has 1 aromatic rings. The smallest absolute Gasteiger partial charge is 0.318 e. The molecule has 1 rings (SSSR count). The lowest BCUT2D eigenvalue weighted by molar-refractivity contribution is -0.137. The standard InChI is InChI=1S/C12H16FNO5S/c1-9-7-10(13)3-4-11(9)20(17,18)14(5-6-19-2)8-12(15)16/h3-4,7H,5-6,8H2,1-2H3,(H,15,16). The summed E-state index contributed by atoms with van der Waals surface area (Å²) in [4.78, 5) is 10.7. The molecular weight excluding hydrogens is 289 g/mol. The SMILES string of the molecule is COCCN(CC(=O)O)S(=O)(=O)c1ccc(F)cc1C. The van der Waals surface area contributed by atoms with Crippen LogP contribution in [-0.4, -0.2) is 50.6 Å². The molecule has 1 N–H and O–H groups in total. The first-order chi connectivity index (χ1) is 9.28. The number of carboxylic acids is 1. The summed E-state index contributed by atoms with van der Waals surface area (Å²) in [5.41, 5.74) is 0.220. The van der Waals surface area contributed by atoms with Crippen LogP contribution in [0.1, 0.15) is 5.56 Å². The summed E-state index contributed by atoms with van der Waals surface area (Å²) in [6.45, 7) is 0.739. The van der Waals surface area contributed by atoms with E-state index in [0.717, 1.165) is 22.5 Å². The van der Waals surface area contributed by atoms with Crippen LogP contribution >= 0.6 is 0 Å². The molecule has 0 atom stereocenters. The summed E-state index contributed by atoms with van der Waals surface area (Å²) < 4.78 is 43.4. The molecule has 0 spiro atoms. The molecule has 0 aliphatic rings. The minimum Gasteiger partial charge on any atom is -0.480 e. The topological polar surface area (TPSA) is 83.9 Å². The van der Waals surface area contributed by atoms with E-state index in [0.29, 0.717) is 0 Å². The Morgan fingerprint density at radius 3 is 2.60 bits per heavy atom. The van der Waals surface area contributed by atoms with E-state index in [4.69, 9.17) is 9.84 Å². The maximum absolute atomic E-state index is 13.0. The number of carboxylic acid groups (broad SMARTS) is 1. The van der Waals surface area contributed by atoms with Crippen molar-refractivity contribution in [3.05, 3.63) is 29.6 Å². The van der Waals surface area contributed by atoms with Gasteiger partial charge in [-0.2, -0.15) is 4.31 Å². The Kier molecular flexibility index (Phi) is 5.61. The molecule has 0 aromatic heterocycles. The third-order valence-corrected chi connectivity index (χ3v) is 4.62. The van der Waals surface area contributed by atoms with Crippen molar-refractivity contribution in [3.8, 4) is 0 Å². The highest BCUT2D eigenvalue weighted by Gasteiger charge is 2.27. The van der Waals surface area contributed by atoms with Crippen molar-refractivity contribution in [2.45, 2.75) is 11.8 Å². The molecule has 0 unspecified atom stereocenters. The summed E-state index contributed by atoms with van der Waals surface area (Å²) in [5.74, 6) is -1.83. The molecule has 112 valence electrons. The lowest BCUT2D eigenvalue weighted by atomic mass is 10.2. The van der Waals surface area contributed by atoms with Gasteiger partial charge < -0.3 is 9.84 Å². The first kappa shape index (κ1) is 16.5. The zero-order chi connectivity index (χ0) is 15.3. The average molecular weight is 305 g/mol. The van der Waals surface area contributed by atoms with E-state index in [9.17, 15) is 17.6 Å². The molecule has 6 nitrogen and oxygen atoms in total. The van der Waals surface area contributed by atoms with Gasteiger partial charge in [0, 0.05) is 13.7 Å². The molecule has 0 saturated heterocycles. The lowest BCUT2D eigenvalue weighted by Crippen LogP contribution is -2.38. The molecule has 1 aromatic carbocycles. The van der Waals surface area contributed by atoms with Crippen LogP contribution in [0.5, 0.6) is 0 Å². The molecule has 0 radical (unpaired) electrons. The average Bonchev–Trinajstić information content (AvgIpc) is 2.33. The Morgan fingerprint density at radius 1 is 1.45 bits per heavy atom. The highest BCUT2D eigenvalue weighted by molar-refractivity contribution is 7.89. The Balaban J connectivity index is 3.17. The second-order valence-corrected chi connectivity index (χ2v) is 6.04. The van der Waals surface area contributed by atoms with Crippen molar-refractivity contribution in [2.24, 2.45) is 0 Å². The zero-order valence-corrected chi connectivity index (χ0v) is 12.0. The van der Waals surface area contributed by atoms with Gasteiger partial charge in [-0.1, -0.05) is 0 Å². The first-order valence-corrected chi connectivity index (χ1v) is 7.20. The predicted octanol–water partition coefficient (Wildman–Crippen LogP) is 0.856. The van der Waals surface area contributed by atoms with Crippen LogP contribution in [-0.2, 0) is 19.6 Å². The Morgan fingerprint density at radius 2 is 2.10 bits per heavy atom. The van der Waals surface area contributed by atoms with Gasteiger partial charge >= 0.3 is 5.97 Å². The summed E-state index contributed by atoms with van der Waals surface area (Å²) in [5, 5.41) is 8.80. The number of carbonyl (C=O) groups is 1. The van der Waals surface area contributed by atoms with Crippen LogP contribution in [0.4, 0.5) is 4.39 Å². The van der Waals surface area contributed by atoms with Crippen molar-refractivity contribution in [1.29, 1.82) is 0 Å². The summed E-state index contributed by atoms with van der Waals surface area (Å²) in [6.07, 6.45) is 0. The van der Waals surface area contributed by atoms with E-state index in [1.807, 2.05) is 0 Å². The van der Waals surface area contributed by atoms with Crippen molar-refractivity contribution in [1.82, 2.24) is 4.31 Å². The van der Waals surface area contributed by atoms with Gasteiger partial charge in [-0.3, -0.25) is 4.79 Å². The number of rotatable bonds is 7. The maximum atomic E-state index is 13.0. The quantitative estimate of drug-likeness (QED) is 0.807. The fourth-order valence-electron chi connectivity index (χ4n) is 1.67. The summed E-state index contributed by atoms with van der Waals surface area (Å²) in [7, 11) is -2.63. The molecule has 0 fully saturated rings. The van der Waals surface area contributed by atoms with E-state index in [1.165, 1.54) is 14.0 Å². The van der Waals surface area contributed by atoms with E-state index in [1.54, 1.807) is 0 Å². The molecule has 20 heavy (non-hydrogen) atoms. The zero-order valence-electron chi connectivity index (χ0n) is 11.2. The van der Waals surface area contributed by atoms with Gasteiger partial charge in [0.25, 0.3) is 0 Å². The van der Waals surface area contributed by atoms with E-state index in [-0.39, 0.29) is 23.6 Å². The lowest BCUT2D eigenvalue weighted by Gasteiger charge is -2.21. The molecule has 0 aliphatic carbocycles. The first-order valence-electron chi connectivity index (χ1n) is 5.76. The summed E-state index contributed by atoms with van der Waals surface area (Å²) >= 11 is 0. The number of hydrogen-bond acceptors (Lipinski definition) is 4. The fraction of sp³-hybridized carbons (Fsp3) is 0.417. The Hall–Kier alpha value is -1.51. The molecule has 0 saturated carbocycles. The number of methoxy groups -OCH3 is 1. The third-order valence-electron chi connectivity index (χ3n) is 2.61. The van der Waals surface area contributed by atoms with E-state index >= 15 is 0 Å². The van der Waals surface area contributed by atoms with Crippen LogP contribution in [0.2, 0.25) is 0 Å². The van der Waals surface area contributed by atoms with Crippen LogP contribution in [0, 0.1) is 12.7 Å². The largest absolute Gasteiger partial charge is 0.480 e. The normalized spacial score (nSPS) is 11.8. The van der Waals surface area contributed by atoms with Gasteiger partial charge in [0.1, 0.15) is 12.4 Å². The van der Waals surface area contributed by atoms with Gasteiger partial charge in [-0.05, 0) is 30.7 Å². The van der Waals surface area contributed by atoms with E-state index in [2.05, 4.69) is 0 Å². The number of ether oxygens (including phenoxy) is 1. The number of aliphatic carboxylic acids is 1. The number of benzene rings is 1. The van der Waals surface area contributed by atoms with Crippen LogP contribution in [0.15, 0.2) is 23.1 Å². The van der Waals surface area contributed by atoms with Crippen LogP contribution in [0.3, 0.4) is 0 Å². The number of nitrogens with zero attached hydrogens (tertiary/aromatic N) is 1. The monoisotopic (exact) mass is 305 g/mol.